The SMILES string of the molecule is CC(=O)Nc1cccc(-c2cccc(C3CCCN(C(=O)c4ccc(F)cc4)C3)n2)c1. The molecule has 0 radical (unpaired) electrons. The topological polar surface area (TPSA) is 62.3 Å². The molecule has 1 fully saturated rings. The summed E-state index contributed by atoms with van der Waals surface area (Å²) in [5.41, 5.74) is 3.92. The Morgan fingerprint density at radius 2 is 1.84 bits per heavy atom. The summed E-state index contributed by atoms with van der Waals surface area (Å²) in [6.07, 6.45) is 1.84. The second-order valence-corrected chi connectivity index (χ2v) is 7.81. The van der Waals surface area contributed by atoms with E-state index in [1.807, 2.05) is 47.4 Å². The van der Waals surface area contributed by atoms with Gasteiger partial charge in [-0.2, -0.15) is 0 Å². The quantitative estimate of drug-likeness (QED) is 0.659. The molecule has 6 heteroatoms. The number of piperidine rings is 1. The van der Waals surface area contributed by atoms with Crippen LogP contribution in [0.4, 0.5) is 10.1 Å². The Balaban J connectivity index is 1.53. The molecule has 1 atom stereocenters. The zero-order chi connectivity index (χ0) is 21.8. The van der Waals surface area contributed by atoms with Crippen LogP contribution in [-0.4, -0.2) is 34.8 Å². The molecule has 4 rings (SSSR count). The van der Waals surface area contributed by atoms with Gasteiger partial charge >= 0.3 is 0 Å². The van der Waals surface area contributed by atoms with Gasteiger partial charge in [0.05, 0.1) is 5.69 Å². The molecule has 0 aliphatic carbocycles. The molecule has 1 saturated heterocycles. The van der Waals surface area contributed by atoms with E-state index in [-0.39, 0.29) is 23.5 Å². The van der Waals surface area contributed by atoms with E-state index in [1.165, 1.54) is 31.2 Å². The number of halogens is 1. The van der Waals surface area contributed by atoms with E-state index in [2.05, 4.69) is 5.32 Å². The third-order valence-corrected chi connectivity index (χ3v) is 5.47. The van der Waals surface area contributed by atoms with Crippen LogP contribution in [0.2, 0.25) is 0 Å². The first-order valence-corrected chi connectivity index (χ1v) is 10.4. The summed E-state index contributed by atoms with van der Waals surface area (Å²) in [5.74, 6) is -0.413. The summed E-state index contributed by atoms with van der Waals surface area (Å²) in [6, 6.07) is 19.2. The van der Waals surface area contributed by atoms with Gasteiger partial charge in [0.25, 0.3) is 5.91 Å². The van der Waals surface area contributed by atoms with Crippen LogP contribution in [-0.2, 0) is 4.79 Å². The second-order valence-electron chi connectivity index (χ2n) is 7.81. The standard InChI is InChI=1S/C25H24FN3O2/c1-17(30)27-22-7-2-5-19(15-22)23-8-3-9-24(28-23)20-6-4-14-29(16-20)25(31)18-10-12-21(26)13-11-18/h2-3,5,7-13,15,20H,4,6,14,16H2,1H3,(H,27,30). The predicted octanol–water partition coefficient (Wildman–Crippen LogP) is 4.87. The Morgan fingerprint density at radius 1 is 1.06 bits per heavy atom. The van der Waals surface area contributed by atoms with Gasteiger partial charge in [0.15, 0.2) is 0 Å². The number of amides is 2. The van der Waals surface area contributed by atoms with E-state index in [0.29, 0.717) is 18.7 Å². The third kappa shape index (κ3) is 4.97. The van der Waals surface area contributed by atoms with E-state index in [1.54, 1.807) is 0 Å². The summed E-state index contributed by atoms with van der Waals surface area (Å²) < 4.78 is 13.2. The zero-order valence-electron chi connectivity index (χ0n) is 17.3. The van der Waals surface area contributed by atoms with Crippen LogP contribution >= 0.6 is 0 Å². The van der Waals surface area contributed by atoms with Crippen molar-refractivity contribution in [1.82, 2.24) is 9.88 Å². The van der Waals surface area contributed by atoms with Gasteiger partial charge in [-0.25, -0.2) is 4.39 Å². The normalized spacial score (nSPS) is 16.1. The van der Waals surface area contributed by atoms with E-state index in [9.17, 15) is 14.0 Å². The molecular formula is C25H24FN3O2. The minimum Gasteiger partial charge on any atom is -0.338 e. The van der Waals surface area contributed by atoms with E-state index in [4.69, 9.17) is 4.98 Å². The fourth-order valence-corrected chi connectivity index (χ4v) is 3.98. The number of hydrogen-bond acceptors (Lipinski definition) is 3. The molecule has 0 bridgehead atoms. The maximum atomic E-state index is 13.2. The van der Waals surface area contributed by atoms with Crippen LogP contribution in [0.1, 0.15) is 41.7 Å². The van der Waals surface area contributed by atoms with Gasteiger partial charge in [-0.3, -0.25) is 14.6 Å². The van der Waals surface area contributed by atoms with Crippen LogP contribution < -0.4 is 5.32 Å². The molecule has 2 aromatic carbocycles. The molecule has 0 saturated carbocycles. The molecule has 31 heavy (non-hydrogen) atoms. The van der Waals surface area contributed by atoms with Gasteiger partial charge in [-0.15, -0.1) is 0 Å². The number of nitrogens with one attached hydrogen (secondary N) is 1. The lowest BCUT2D eigenvalue weighted by Crippen LogP contribution is -2.39. The van der Waals surface area contributed by atoms with Crippen molar-refractivity contribution in [2.24, 2.45) is 0 Å². The lowest BCUT2D eigenvalue weighted by atomic mass is 9.93. The van der Waals surface area contributed by atoms with Crippen molar-refractivity contribution in [2.45, 2.75) is 25.7 Å². The predicted molar refractivity (Wildman–Crippen MR) is 118 cm³/mol. The highest BCUT2D eigenvalue weighted by atomic mass is 19.1. The Labute approximate surface area is 180 Å². The van der Waals surface area contributed by atoms with Gasteiger partial charge in [-0.1, -0.05) is 18.2 Å². The van der Waals surface area contributed by atoms with E-state index >= 15 is 0 Å². The van der Waals surface area contributed by atoms with Gasteiger partial charge in [0.1, 0.15) is 5.82 Å². The monoisotopic (exact) mass is 417 g/mol. The molecular weight excluding hydrogens is 393 g/mol. The summed E-state index contributed by atoms with van der Waals surface area (Å²) in [5, 5.41) is 2.80. The number of benzene rings is 2. The molecule has 2 amide bonds. The summed E-state index contributed by atoms with van der Waals surface area (Å²) in [7, 11) is 0. The molecule has 1 aromatic heterocycles. The van der Waals surface area contributed by atoms with Crippen LogP contribution in [0.3, 0.4) is 0 Å². The van der Waals surface area contributed by atoms with Crippen LogP contribution in [0, 0.1) is 5.82 Å². The van der Waals surface area contributed by atoms with Crippen LogP contribution in [0.5, 0.6) is 0 Å². The fourth-order valence-electron chi connectivity index (χ4n) is 3.98. The highest BCUT2D eigenvalue weighted by Gasteiger charge is 2.26. The van der Waals surface area contributed by atoms with Crippen LogP contribution in [0.15, 0.2) is 66.7 Å². The number of likely N-dealkylation sites (tertiary alicyclic amines) is 1. The molecule has 3 aromatic rings. The van der Waals surface area contributed by atoms with E-state index < -0.39 is 0 Å². The third-order valence-electron chi connectivity index (χ3n) is 5.47. The first-order chi connectivity index (χ1) is 15.0. The molecule has 158 valence electrons. The van der Waals surface area contributed by atoms with Gasteiger partial charge in [0.2, 0.25) is 5.91 Å². The molecule has 0 spiro atoms. The molecule has 1 aliphatic heterocycles. The Morgan fingerprint density at radius 3 is 2.61 bits per heavy atom. The number of carbonyl (C=O) groups is 2. The molecule has 1 N–H and O–H groups in total. The first-order valence-electron chi connectivity index (χ1n) is 10.4. The Bertz CT molecular complexity index is 1100. The van der Waals surface area contributed by atoms with Crippen molar-refractivity contribution < 1.29 is 14.0 Å². The molecule has 2 heterocycles. The number of hydrogen-bond donors (Lipinski definition) is 1. The largest absolute Gasteiger partial charge is 0.338 e. The minimum absolute atomic E-state index is 0.0798. The second kappa shape index (κ2) is 9.08. The Kier molecular flexibility index (Phi) is 6.07. The van der Waals surface area contributed by atoms with E-state index in [0.717, 1.165) is 35.5 Å². The lowest BCUT2D eigenvalue weighted by molar-refractivity contribution is -0.114. The highest BCUT2D eigenvalue weighted by Crippen LogP contribution is 2.29. The number of pyridine rings is 1. The average molecular weight is 417 g/mol. The maximum absolute atomic E-state index is 13.2. The zero-order valence-corrected chi connectivity index (χ0v) is 17.3. The van der Waals surface area contributed by atoms with Crippen molar-refractivity contribution in [3.05, 3.63) is 83.8 Å². The highest BCUT2D eigenvalue weighted by molar-refractivity contribution is 5.94. The number of aromatic nitrogens is 1. The van der Waals surface area contributed by atoms with Gasteiger partial charge in [0, 0.05) is 48.4 Å². The van der Waals surface area contributed by atoms with Crippen molar-refractivity contribution in [1.29, 1.82) is 0 Å². The molecule has 1 unspecified atom stereocenters. The smallest absolute Gasteiger partial charge is 0.253 e. The molecule has 5 nitrogen and oxygen atoms in total. The number of anilines is 1. The summed E-state index contributed by atoms with van der Waals surface area (Å²) in [4.78, 5) is 30.9. The number of nitrogens with zero attached hydrogens (tertiary/aromatic N) is 2. The minimum atomic E-state index is -0.350. The van der Waals surface area contributed by atoms with Crippen LogP contribution in [0.25, 0.3) is 11.3 Å². The number of carbonyl (C=O) groups excluding carboxylic acids is 2. The van der Waals surface area contributed by atoms with Crippen molar-refractivity contribution >= 4 is 17.5 Å². The average Bonchev–Trinajstić information content (AvgIpc) is 2.79. The summed E-state index contributed by atoms with van der Waals surface area (Å²) in [6.45, 7) is 2.75. The summed E-state index contributed by atoms with van der Waals surface area (Å²) >= 11 is 0. The fraction of sp³-hybridized carbons (Fsp3) is 0.240. The molecule has 1 aliphatic rings. The van der Waals surface area contributed by atoms with Crippen molar-refractivity contribution in [3.8, 4) is 11.3 Å². The van der Waals surface area contributed by atoms with Crippen molar-refractivity contribution in [3.63, 3.8) is 0 Å². The first kappa shape index (κ1) is 20.7. The van der Waals surface area contributed by atoms with Crippen molar-refractivity contribution in [2.75, 3.05) is 18.4 Å². The lowest BCUT2D eigenvalue weighted by Gasteiger charge is -2.32. The maximum Gasteiger partial charge on any atom is 0.253 e. The van der Waals surface area contributed by atoms with Gasteiger partial charge < -0.3 is 10.2 Å². The number of rotatable bonds is 4. The Hall–Kier alpha value is -3.54. The van der Waals surface area contributed by atoms with Gasteiger partial charge in [-0.05, 0) is 61.4 Å².